The second kappa shape index (κ2) is 10.2. The first kappa shape index (κ1) is 21.0. The van der Waals surface area contributed by atoms with Crippen molar-refractivity contribution >= 4 is 35.5 Å². The summed E-state index contributed by atoms with van der Waals surface area (Å²) < 4.78 is 16.2. The van der Waals surface area contributed by atoms with Crippen LogP contribution in [0, 0.1) is 0 Å². The van der Waals surface area contributed by atoms with Crippen LogP contribution in [0.1, 0.15) is 11.3 Å². The van der Waals surface area contributed by atoms with Gasteiger partial charge >= 0.3 is 0 Å². The minimum absolute atomic E-state index is 0.0502. The number of thioether (sulfide) groups is 1. The molecular weight excluding hydrogens is 408 g/mol. The normalized spacial score (nSPS) is 10.8. The summed E-state index contributed by atoms with van der Waals surface area (Å²) in [5, 5.41) is 4.16. The molecule has 30 heavy (non-hydrogen) atoms. The van der Waals surface area contributed by atoms with E-state index in [1.165, 1.54) is 12.3 Å². The lowest BCUT2D eigenvalue weighted by molar-refractivity contribution is -0.118. The Balaban J connectivity index is 1.42. The number of aromatic nitrogens is 2. The molecule has 0 aliphatic carbocycles. The summed E-state index contributed by atoms with van der Waals surface area (Å²) >= 11 is 1.09. The molecule has 0 spiro atoms. The lowest BCUT2D eigenvalue weighted by Gasteiger charge is -2.04. The molecule has 0 unspecified atom stereocenters. The molecule has 0 saturated carbocycles. The molecule has 3 aromatic rings. The number of ether oxygens (including phenoxy) is 2. The number of carbonyl (C=O) groups excluding carboxylic acids is 1. The zero-order chi connectivity index (χ0) is 21.3. The third-order valence-corrected chi connectivity index (χ3v) is 4.45. The molecule has 0 radical (unpaired) electrons. The lowest BCUT2D eigenvalue weighted by atomic mass is 10.2. The zero-order valence-corrected chi connectivity index (χ0v) is 16.9. The van der Waals surface area contributed by atoms with Crippen molar-refractivity contribution in [2.75, 3.05) is 24.3 Å². The predicted molar refractivity (Wildman–Crippen MR) is 113 cm³/mol. The number of furan rings is 1. The highest BCUT2D eigenvalue weighted by atomic mass is 32.2. The minimum atomic E-state index is -0.344. The number of anilines is 2. The fraction of sp³-hybridized carbons (Fsp3) is 0.158. The highest BCUT2D eigenvalue weighted by Crippen LogP contribution is 2.18. The summed E-state index contributed by atoms with van der Waals surface area (Å²) in [5.41, 5.74) is 14.5. The van der Waals surface area contributed by atoms with Crippen LogP contribution in [0.4, 0.5) is 11.6 Å². The van der Waals surface area contributed by atoms with E-state index >= 15 is 0 Å². The summed E-state index contributed by atoms with van der Waals surface area (Å²) in [6.45, 7) is 0.346. The summed E-state index contributed by atoms with van der Waals surface area (Å²) in [5.74, 6) is 1.74. The van der Waals surface area contributed by atoms with Crippen molar-refractivity contribution < 1.29 is 18.7 Å². The number of benzene rings is 1. The van der Waals surface area contributed by atoms with Gasteiger partial charge in [-0.05, 0) is 23.8 Å². The maximum atomic E-state index is 11.9. The van der Waals surface area contributed by atoms with Crippen molar-refractivity contribution in [2.24, 2.45) is 5.10 Å². The van der Waals surface area contributed by atoms with E-state index in [0.29, 0.717) is 23.5 Å². The molecule has 0 bridgehead atoms. The maximum absolute atomic E-state index is 11.9. The maximum Gasteiger partial charge on any atom is 0.285 e. The third-order valence-electron chi connectivity index (χ3n) is 3.60. The number of hydrogen-bond donors (Lipinski definition) is 3. The van der Waals surface area contributed by atoms with Crippen molar-refractivity contribution in [3.8, 4) is 11.7 Å². The predicted octanol–water partition coefficient (Wildman–Crippen LogP) is 2.06. The van der Waals surface area contributed by atoms with Gasteiger partial charge in [-0.3, -0.25) is 4.79 Å². The van der Waals surface area contributed by atoms with Gasteiger partial charge in [-0.15, -0.1) is 0 Å². The fourth-order valence-electron chi connectivity index (χ4n) is 2.21. The highest BCUT2D eigenvalue weighted by Gasteiger charge is 2.06. The molecule has 2 aromatic heterocycles. The summed E-state index contributed by atoms with van der Waals surface area (Å²) in [6, 6.07) is 12.3. The quantitative estimate of drug-likeness (QED) is 0.201. The van der Waals surface area contributed by atoms with Gasteiger partial charge in [-0.1, -0.05) is 23.9 Å². The topological polar surface area (TPSA) is 151 Å². The van der Waals surface area contributed by atoms with Gasteiger partial charge in [0.25, 0.3) is 11.9 Å². The molecule has 0 aliphatic rings. The van der Waals surface area contributed by atoms with E-state index in [2.05, 4.69) is 20.5 Å². The van der Waals surface area contributed by atoms with E-state index in [4.69, 9.17) is 25.4 Å². The third kappa shape index (κ3) is 6.41. The van der Waals surface area contributed by atoms with E-state index in [0.717, 1.165) is 23.1 Å². The van der Waals surface area contributed by atoms with Crippen molar-refractivity contribution in [3.63, 3.8) is 0 Å². The van der Waals surface area contributed by atoms with Crippen LogP contribution in [0.5, 0.6) is 11.7 Å². The number of hydrazone groups is 1. The Kier molecular flexibility index (Phi) is 7.11. The molecule has 5 N–H and O–H groups in total. The number of carbonyl (C=O) groups is 1. The zero-order valence-electron chi connectivity index (χ0n) is 16.1. The monoisotopic (exact) mass is 428 g/mol. The van der Waals surface area contributed by atoms with Crippen LogP contribution in [0.2, 0.25) is 0 Å². The minimum Gasteiger partial charge on any atom is -0.497 e. The van der Waals surface area contributed by atoms with E-state index in [-0.39, 0.29) is 23.3 Å². The average molecular weight is 428 g/mol. The van der Waals surface area contributed by atoms with Gasteiger partial charge in [0.15, 0.2) is 10.9 Å². The number of amides is 1. The molecule has 1 amide bonds. The Morgan fingerprint density at radius 3 is 2.63 bits per heavy atom. The van der Waals surface area contributed by atoms with Crippen molar-refractivity contribution in [2.45, 2.75) is 11.8 Å². The van der Waals surface area contributed by atoms with E-state index < -0.39 is 0 Å². The molecule has 0 saturated heterocycles. The van der Waals surface area contributed by atoms with E-state index in [1.807, 2.05) is 24.3 Å². The van der Waals surface area contributed by atoms with Crippen molar-refractivity contribution in [3.05, 3.63) is 53.8 Å². The fourth-order valence-corrected chi connectivity index (χ4v) is 2.88. The molecule has 0 fully saturated rings. The second-order valence-electron chi connectivity index (χ2n) is 5.88. The van der Waals surface area contributed by atoms with Gasteiger partial charge in [0.05, 0.1) is 19.1 Å². The molecule has 0 atom stereocenters. The van der Waals surface area contributed by atoms with Crippen LogP contribution in [-0.4, -0.2) is 35.0 Å². The lowest BCUT2D eigenvalue weighted by Crippen LogP contribution is -2.19. The largest absolute Gasteiger partial charge is 0.497 e. The highest BCUT2D eigenvalue weighted by molar-refractivity contribution is 7.99. The summed E-state index contributed by atoms with van der Waals surface area (Å²) in [7, 11) is 1.61. The van der Waals surface area contributed by atoms with E-state index in [1.54, 1.807) is 19.2 Å². The van der Waals surface area contributed by atoms with Gasteiger partial charge in [0.2, 0.25) is 0 Å². The molecule has 10 nitrogen and oxygen atoms in total. The first-order valence-electron chi connectivity index (χ1n) is 8.72. The number of methoxy groups -OCH3 is 1. The Morgan fingerprint density at radius 2 is 1.93 bits per heavy atom. The number of hydrogen-bond acceptors (Lipinski definition) is 10. The first-order valence-corrected chi connectivity index (χ1v) is 9.70. The van der Waals surface area contributed by atoms with Crippen molar-refractivity contribution in [1.82, 2.24) is 15.4 Å². The van der Waals surface area contributed by atoms with Gasteiger partial charge in [0, 0.05) is 12.1 Å². The standard InChI is InChI=1S/C19H20N6O4S/c1-27-13-4-2-12(3-5-13)10-28-18-7-6-14(29-18)9-22-25-17(26)11-30-19-23-15(20)8-16(21)24-19/h2-9H,10-11H2,1H3,(H,25,26)(H4,20,21,23,24)/b22-9+. The van der Waals surface area contributed by atoms with Gasteiger partial charge < -0.3 is 25.4 Å². The Hall–Kier alpha value is -3.73. The summed E-state index contributed by atoms with van der Waals surface area (Å²) in [6.07, 6.45) is 1.37. The van der Waals surface area contributed by atoms with Crippen LogP contribution in [0.15, 0.2) is 57.1 Å². The van der Waals surface area contributed by atoms with Crippen LogP contribution in [0.3, 0.4) is 0 Å². The summed E-state index contributed by atoms with van der Waals surface area (Å²) in [4.78, 5) is 19.8. The van der Waals surface area contributed by atoms with Crippen LogP contribution < -0.4 is 26.4 Å². The first-order chi connectivity index (χ1) is 14.5. The SMILES string of the molecule is COc1ccc(COc2ccc(/C=N/NC(=O)CSc3nc(N)cc(N)n3)o2)cc1. The average Bonchev–Trinajstić information content (AvgIpc) is 3.18. The van der Waals surface area contributed by atoms with Crippen LogP contribution in [-0.2, 0) is 11.4 Å². The second-order valence-corrected chi connectivity index (χ2v) is 6.82. The molecule has 2 heterocycles. The van der Waals surface area contributed by atoms with Gasteiger partial charge in [-0.2, -0.15) is 5.10 Å². The number of nitrogens with two attached hydrogens (primary N) is 2. The molecule has 156 valence electrons. The number of nitrogens with zero attached hydrogens (tertiary/aromatic N) is 3. The Morgan fingerprint density at radius 1 is 1.20 bits per heavy atom. The molecular formula is C19H20N6O4S. The number of nitrogen functional groups attached to an aromatic ring is 2. The van der Waals surface area contributed by atoms with Crippen molar-refractivity contribution in [1.29, 1.82) is 0 Å². The number of rotatable bonds is 9. The smallest absolute Gasteiger partial charge is 0.285 e. The molecule has 3 rings (SSSR count). The Bertz CT molecular complexity index is 1000. The van der Waals surface area contributed by atoms with Gasteiger partial charge in [0.1, 0.15) is 24.0 Å². The van der Waals surface area contributed by atoms with Crippen LogP contribution in [0.25, 0.3) is 0 Å². The van der Waals surface area contributed by atoms with Gasteiger partial charge in [-0.25, -0.2) is 15.4 Å². The molecule has 0 aliphatic heterocycles. The molecule has 1 aromatic carbocycles. The van der Waals surface area contributed by atoms with Crippen LogP contribution >= 0.6 is 11.8 Å². The number of nitrogens with one attached hydrogen (secondary N) is 1. The molecule has 11 heteroatoms. The Labute approximate surface area is 176 Å². The van der Waals surface area contributed by atoms with E-state index in [9.17, 15) is 4.79 Å².